The van der Waals surface area contributed by atoms with Gasteiger partial charge in [-0.15, -0.1) is 0 Å². The maximum absolute atomic E-state index is 12.7. The van der Waals surface area contributed by atoms with Crippen LogP contribution in [0, 0.1) is 0 Å². The van der Waals surface area contributed by atoms with Crippen LogP contribution >= 0.6 is 0 Å². The Balaban J connectivity index is 1.68. The van der Waals surface area contributed by atoms with Gasteiger partial charge < -0.3 is 5.32 Å². The summed E-state index contributed by atoms with van der Waals surface area (Å²) in [6, 6.07) is 6.80. The Morgan fingerprint density at radius 1 is 1.15 bits per heavy atom. The smallest absolute Gasteiger partial charge is 0.310 e. The molecule has 2 unspecified atom stereocenters. The van der Waals surface area contributed by atoms with Crippen molar-refractivity contribution >= 4 is 0 Å². The fourth-order valence-electron chi connectivity index (χ4n) is 3.26. The molecule has 2 bridgehead atoms. The number of likely N-dealkylation sites (tertiary alicyclic amines) is 1. The summed E-state index contributed by atoms with van der Waals surface area (Å²) in [5.74, 6) is 0. The summed E-state index contributed by atoms with van der Waals surface area (Å²) in [5, 5.41) is 3.58. The van der Waals surface area contributed by atoms with Crippen molar-refractivity contribution in [3.05, 3.63) is 35.4 Å². The lowest BCUT2D eigenvalue weighted by molar-refractivity contribution is -0.137. The number of hydrogen-bond donors (Lipinski definition) is 1. The highest BCUT2D eigenvalue weighted by atomic mass is 19.4. The molecular formula is C15H19F3N2. The number of nitrogens with zero attached hydrogens (tertiary/aromatic N) is 1. The first kappa shape index (κ1) is 13.9. The van der Waals surface area contributed by atoms with E-state index in [2.05, 4.69) is 10.2 Å². The predicted octanol–water partition coefficient (Wildman–Crippen LogP) is 3.03. The van der Waals surface area contributed by atoms with Crippen LogP contribution < -0.4 is 5.32 Å². The number of alkyl halides is 3. The van der Waals surface area contributed by atoms with Gasteiger partial charge >= 0.3 is 6.18 Å². The Morgan fingerprint density at radius 3 is 2.75 bits per heavy atom. The normalized spacial score (nSPS) is 27.6. The van der Waals surface area contributed by atoms with Gasteiger partial charge in [-0.2, -0.15) is 13.2 Å². The number of nitrogens with one attached hydrogen (secondary N) is 1. The van der Waals surface area contributed by atoms with E-state index in [1.807, 2.05) is 0 Å². The lowest BCUT2D eigenvalue weighted by atomic mass is 10.1. The van der Waals surface area contributed by atoms with E-state index in [0.29, 0.717) is 18.6 Å². The molecule has 0 spiro atoms. The van der Waals surface area contributed by atoms with E-state index in [4.69, 9.17) is 0 Å². The van der Waals surface area contributed by atoms with Crippen LogP contribution in [0.5, 0.6) is 0 Å². The van der Waals surface area contributed by atoms with Crippen molar-refractivity contribution in [2.75, 3.05) is 13.1 Å². The Bertz CT molecular complexity index is 472. The molecule has 2 fully saturated rings. The minimum atomic E-state index is -4.25. The molecule has 2 heterocycles. The quantitative estimate of drug-likeness (QED) is 0.898. The highest BCUT2D eigenvalue weighted by Gasteiger charge is 2.31. The molecule has 2 aliphatic rings. The zero-order chi connectivity index (χ0) is 14.2. The number of halogens is 3. The van der Waals surface area contributed by atoms with Gasteiger partial charge in [0.25, 0.3) is 0 Å². The summed E-state index contributed by atoms with van der Waals surface area (Å²) in [7, 11) is 0. The van der Waals surface area contributed by atoms with Crippen LogP contribution in [0.25, 0.3) is 0 Å². The first-order valence-electron chi connectivity index (χ1n) is 7.15. The molecule has 2 saturated heterocycles. The van der Waals surface area contributed by atoms with Gasteiger partial charge in [0, 0.05) is 31.7 Å². The van der Waals surface area contributed by atoms with E-state index in [0.717, 1.165) is 31.1 Å². The summed E-state index contributed by atoms with van der Waals surface area (Å²) < 4.78 is 38.1. The number of fused-ring (bicyclic) bond motifs is 2. The van der Waals surface area contributed by atoms with Crippen LogP contribution in [0.4, 0.5) is 13.2 Å². The van der Waals surface area contributed by atoms with Crippen LogP contribution in [-0.2, 0) is 12.7 Å². The number of rotatable bonds is 2. The molecule has 0 radical (unpaired) electrons. The van der Waals surface area contributed by atoms with Gasteiger partial charge in [0.2, 0.25) is 0 Å². The predicted molar refractivity (Wildman–Crippen MR) is 71.3 cm³/mol. The first-order valence-corrected chi connectivity index (χ1v) is 7.15. The molecule has 2 atom stereocenters. The number of benzene rings is 1. The molecule has 0 amide bonds. The van der Waals surface area contributed by atoms with E-state index in [1.54, 1.807) is 6.07 Å². The topological polar surface area (TPSA) is 15.3 Å². The van der Waals surface area contributed by atoms with Crippen LogP contribution in [-0.4, -0.2) is 30.1 Å². The van der Waals surface area contributed by atoms with Crippen LogP contribution in [0.3, 0.4) is 0 Å². The third kappa shape index (κ3) is 3.15. The van der Waals surface area contributed by atoms with E-state index >= 15 is 0 Å². The monoisotopic (exact) mass is 284 g/mol. The third-order valence-corrected chi connectivity index (χ3v) is 4.27. The summed E-state index contributed by atoms with van der Waals surface area (Å²) in [4.78, 5) is 2.27. The van der Waals surface area contributed by atoms with Crippen molar-refractivity contribution in [3.63, 3.8) is 0 Å². The van der Waals surface area contributed by atoms with Crippen molar-refractivity contribution < 1.29 is 13.2 Å². The fourth-order valence-corrected chi connectivity index (χ4v) is 3.26. The lowest BCUT2D eigenvalue weighted by Crippen LogP contribution is -2.35. The summed E-state index contributed by atoms with van der Waals surface area (Å²) in [5.41, 5.74) is 0.196. The second kappa shape index (κ2) is 5.37. The molecule has 1 aromatic carbocycles. The summed E-state index contributed by atoms with van der Waals surface area (Å²) in [6.07, 6.45) is -0.739. The lowest BCUT2D eigenvalue weighted by Gasteiger charge is -2.24. The minimum absolute atomic E-state index is 0.508. The molecule has 3 rings (SSSR count). The van der Waals surface area contributed by atoms with Crippen molar-refractivity contribution in [1.82, 2.24) is 10.2 Å². The molecule has 0 aromatic heterocycles. The molecule has 0 aliphatic carbocycles. The Hall–Kier alpha value is -1.07. The van der Waals surface area contributed by atoms with E-state index in [-0.39, 0.29) is 0 Å². The highest BCUT2D eigenvalue weighted by Crippen LogP contribution is 2.30. The zero-order valence-corrected chi connectivity index (χ0v) is 11.3. The summed E-state index contributed by atoms with van der Waals surface area (Å²) >= 11 is 0. The molecule has 1 aromatic rings. The molecule has 20 heavy (non-hydrogen) atoms. The average Bonchev–Trinajstić information content (AvgIpc) is 2.72. The third-order valence-electron chi connectivity index (χ3n) is 4.27. The second-order valence-electron chi connectivity index (χ2n) is 5.86. The van der Waals surface area contributed by atoms with Crippen LogP contribution in [0.1, 0.15) is 30.4 Å². The van der Waals surface area contributed by atoms with E-state index in [1.165, 1.54) is 25.0 Å². The van der Waals surface area contributed by atoms with Crippen LogP contribution in [0.15, 0.2) is 24.3 Å². The highest BCUT2D eigenvalue weighted by molar-refractivity contribution is 5.25. The van der Waals surface area contributed by atoms with Crippen molar-refractivity contribution in [2.45, 2.75) is 44.1 Å². The average molecular weight is 284 g/mol. The molecule has 5 heteroatoms. The maximum Gasteiger partial charge on any atom is 0.416 e. The Kier molecular flexibility index (Phi) is 3.73. The second-order valence-corrected chi connectivity index (χ2v) is 5.86. The minimum Gasteiger partial charge on any atom is -0.310 e. The molecule has 110 valence electrons. The van der Waals surface area contributed by atoms with Crippen LogP contribution in [0.2, 0.25) is 0 Å². The van der Waals surface area contributed by atoms with Gasteiger partial charge in [0.15, 0.2) is 0 Å². The molecule has 1 N–H and O–H groups in total. The SMILES string of the molecule is FC(F)(F)c1cccc(CN2CCC3CCC(C2)N3)c1. The van der Waals surface area contributed by atoms with Gasteiger partial charge in [-0.25, -0.2) is 0 Å². The molecule has 2 aliphatic heterocycles. The maximum atomic E-state index is 12.7. The Labute approximate surface area is 117 Å². The van der Waals surface area contributed by atoms with Gasteiger partial charge in [0.1, 0.15) is 0 Å². The number of hydrogen-bond acceptors (Lipinski definition) is 2. The van der Waals surface area contributed by atoms with Gasteiger partial charge in [-0.3, -0.25) is 4.90 Å². The van der Waals surface area contributed by atoms with Gasteiger partial charge in [-0.1, -0.05) is 18.2 Å². The molecule has 0 saturated carbocycles. The van der Waals surface area contributed by atoms with E-state index < -0.39 is 11.7 Å². The standard InChI is InChI=1S/C15H19F3N2/c16-15(17,18)12-3-1-2-11(8-12)9-20-7-6-13-4-5-14(10-20)19-13/h1-3,8,13-14,19H,4-7,9-10H2. The van der Waals surface area contributed by atoms with Crippen molar-refractivity contribution in [1.29, 1.82) is 0 Å². The van der Waals surface area contributed by atoms with Crippen molar-refractivity contribution in [3.8, 4) is 0 Å². The molecule has 2 nitrogen and oxygen atoms in total. The summed E-state index contributed by atoms with van der Waals surface area (Å²) in [6.45, 7) is 2.51. The van der Waals surface area contributed by atoms with Gasteiger partial charge in [-0.05, 0) is 30.9 Å². The van der Waals surface area contributed by atoms with E-state index in [9.17, 15) is 13.2 Å². The molecular weight excluding hydrogens is 265 g/mol. The zero-order valence-electron chi connectivity index (χ0n) is 11.3. The van der Waals surface area contributed by atoms with Gasteiger partial charge in [0.05, 0.1) is 5.56 Å². The van der Waals surface area contributed by atoms with Crippen molar-refractivity contribution in [2.24, 2.45) is 0 Å². The Morgan fingerprint density at radius 2 is 1.95 bits per heavy atom. The fraction of sp³-hybridized carbons (Fsp3) is 0.600. The largest absolute Gasteiger partial charge is 0.416 e. The first-order chi connectivity index (χ1) is 9.50.